The molecule has 0 saturated carbocycles. The Morgan fingerprint density at radius 1 is 0.962 bits per heavy atom. The molecule has 1 saturated heterocycles. The van der Waals surface area contributed by atoms with Crippen LogP contribution >= 0.6 is 0 Å². The SMILES string of the molecule is COc1cc(C(=O)N(C)c2ccc(C)cc2OCCCCC(=C=O)N2CCN(C)CC2)ccc1C(=O)Nc1cccc2[nH]c(N(C)CCN(C)C)nc12. The van der Waals surface area contributed by atoms with E-state index < -0.39 is 0 Å². The zero-order valence-electron chi connectivity index (χ0n) is 32.0. The van der Waals surface area contributed by atoms with Crippen LogP contribution in [0, 0.1) is 6.92 Å². The topological polar surface area (TPSA) is 127 Å². The molecule has 1 aromatic heterocycles. The number of rotatable bonds is 16. The Kier molecular flexibility index (Phi) is 13.1. The summed E-state index contributed by atoms with van der Waals surface area (Å²) in [5.74, 6) is 3.04. The van der Waals surface area contributed by atoms with Crippen LogP contribution in [0.25, 0.3) is 11.0 Å². The molecule has 2 N–H and O–H groups in total. The van der Waals surface area contributed by atoms with Gasteiger partial charge in [-0.25, -0.2) is 9.78 Å². The lowest BCUT2D eigenvalue weighted by atomic mass is 10.1. The molecular weight excluding hydrogens is 672 g/mol. The predicted octanol–water partition coefficient (Wildman–Crippen LogP) is 4.92. The molecule has 53 heavy (non-hydrogen) atoms. The van der Waals surface area contributed by atoms with Crippen LogP contribution in [0.4, 0.5) is 17.3 Å². The van der Waals surface area contributed by atoms with Gasteiger partial charge in [0, 0.05) is 58.9 Å². The van der Waals surface area contributed by atoms with Gasteiger partial charge in [0.05, 0.1) is 41.9 Å². The first-order valence-electron chi connectivity index (χ1n) is 18.0. The van der Waals surface area contributed by atoms with E-state index in [2.05, 4.69) is 38.0 Å². The van der Waals surface area contributed by atoms with E-state index in [0.717, 1.165) is 68.9 Å². The van der Waals surface area contributed by atoms with Crippen LogP contribution in [0.1, 0.15) is 45.5 Å². The van der Waals surface area contributed by atoms with Crippen molar-refractivity contribution in [3.8, 4) is 11.5 Å². The van der Waals surface area contributed by atoms with Gasteiger partial charge in [-0.2, -0.15) is 0 Å². The number of carbonyl (C=O) groups excluding carboxylic acids is 3. The fraction of sp³-hybridized carbons (Fsp3) is 0.425. The number of para-hydroxylation sites is 1. The Labute approximate surface area is 312 Å². The molecule has 3 aromatic carbocycles. The highest BCUT2D eigenvalue weighted by atomic mass is 16.5. The van der Waals surface area contributed by atoms with E-state index in [1.165, 1.54) is 12.0 Å². The van der Waals surface area contributed by atoms with Crippen molar-refractivity contribution in [1.82, 2.24) is 24.7 Å². The van der Waals surface area contributed by atoms with Crippen molar-refractivity contribution in [3.63, 3.8) is 0 Å². The number of H-pyrrole nitrogens is 1. The molecule has 0 radical (unpaired) electrons. The van der Waals surface area contributed by atoms with E-state index in [4.69, 9.17) is 14.5 Å². The van der Waals surface area contributed by atoms with Crippen molar-refractivity contribution in [1.29, 1.82) is 0 Å². The monoisotopic (exact) mass is 724 g/mol. The van der Waals surface area contributed by atoms with E-state index in [1.807, 2.05) is 63.3 Å². The average Bonchev–Trinajstić information content (AvgIpc) is 3.61. The third-order valence-electron chi connectivity index (χ3n) is 9.54. The molecule has 1 aliphatic heterocycles. The van der Waals surface area contributed by atoms with Crippen molar-refractivity contribution in [2.45, 2.75) is 26.2 Å². The van der Waals surface area contributed by atoms with Crippen LogP contribution < -0.4 is 24.6 Å². The molecule has 4 aromatic rings. The molecule has 0 atom stereocenters. The molecule has 0 aliphatic carbocycles. The summed E-state index contributed by atoms with van der Waals surface area (Å²) in [7, 11) is 11.3. The number of aromatic amines is 1. The standard InChI is InChI=1S/C40H52N8O5/c1-28-14-17-34(36(25-28)53-24-9-8-11-30(27-49)48-22-19-45(4)20-23-48)47(6)39(51)29-15-16-31(35(26-29)52-7)38(50)41-32-12-10-13-33-37(32)43-40(42-33)46(5)21-18-44(2)3/h10,12-17,25-26H,8-9,11,18-24H2,1-7H3,(H,41,50)(H,42,43). The van der Waals surface area contributed by atoms with Gasteiger partial charge < -0.3 is 44.3 Å². The summed E-state index contributed by atoms with van der Waals surface area (Å²) in [6.07, 6.45) is 2.19. The van der Waals surface area contributed by atoms with E-state index in [9.17, 15) is 14.4 Å². The minimum absolute atomic E-state index is 0.265. The van der Waals surface area contributed by atoms with Gasteiger partial charge in [-0.05, 0) is 95.4 Å². The summed E-state index contributed by atoms with van der Waals surface area (Å²) >= 11 is 0. The van der Waals surface area contributed by atoms with E-state index in [-0.39, 0.29) is 23.1 Å². The fourth-order valence-electron chi connectivity index (χ4n) is 6.20. The minimum Gasteiger partial charge on any atom is -0.496 e. The second-order valence-corrected chi connectivity index (χ2v) is 13.8. The van der Waals surface area contributed by atoms with Crippen LogP contribution in [0.3, 0.4) is 0 Å². The smallest absolute Gasteiger partial charge is 0.259 e. The number of imidazole rings is 1. The van der Waals surface area contributed by atoms with Crippen LogP contribution in [0.15, 0.2) is 60.3 Å². The van der Waals surface area contributed by atoms with Crippen molar-refractivity contribution < 1.29 is 23.9 Å². The van der Waals surface area contributed by atoms with Gasteiger partial charge in [0.15, 0.2) is 0 Å². The summed E-state index contributed by atoms with van der Waals surface area (Å²) < 4.78 is 11.8. The zero-order valence-corrected chi connectivity index (χ0v) is 32.0. The largest absolute Gasteiger partial charge is 0.496 e. The molecule has 2 heterocycles. The number of allylic oxidation sites excluding steroid dienone is 1. The van der Waals surface area contributed by atoms with Crippen molar-refractivity contribution >= 4 is 46.1 Å². The molecule has 0 bridgehead atoms. The molecule has 282 valence electrons. The minimum atomic E-state index is -0.388. The molecule has 5 rings (SSSR count). The number of likely N-dealkylation sites (N-methyl/N-ethyl adjacent to an activating group) is 3. The maximum Gasteiger partial charge on any atom is 0.259 e. The van der Waals surface area contributed by atoms with Gasteiger partial charge in [-0.3, -0.25) is 9.59 Å². The number of hydrogen-bond acceptors (Lipinski definition) is 10. The number of aromatic nitrogens is 2. The zero-order chi connectivity index (χ0) is 38.1. The maximum absolute atomic E-state index is 13.8. The summed E-state index contributed by atoms with van der Waals surface area (Å²) in [4.78, 5) is 57.2. The van der Waals surface area contributed by atoms with Gasteiger partial charge in [0.2, 0.25) is 5.95 Å². The highest BCUT2D eigenvalue weighted by molar-refractivity contribution is 6.11. The number of aryl methyl sites for hydroxylation is 1. The van der Waals surface area contributed by atoms with Crippen molar-refractivity contribution in [2.24, 2.45) is 0 Å². The first-order valence-corrected chi connectivity index (χ1v) is 18.0. The molecular formula is C40H52N8O5. The molecule has 13 heteroatoms. The number of benzene rings is 3. The third-order valence-corrected chi connectivity index (χ3v) is 9.54. The van der Waals surface area contributed by atoms with Gasteiger partial charge in [0.1, 0.15) is 23.0 Å². The fourth-order valence-corrected chi connectivity index (χ4v) is 6.20. The molecule has 1 fully saturated rings. The van der Waals surface area contributed by atoms with Crippen LogP contribution in [-0.4, -0.2) is 131 Å². The third kappa shape index (κ3) is 9.75. The van der Waals surface area contributed by atoms with E-state index in [1.54, 1.807) is 31.3 Å². The second-order valence-electron chi connectivity index (χ2n) is 13.8. The number of piperazine rings is 1. The number of hydrogen-bond donors (Lipinski definition) is 2. The van der Waals surface area contributed by atoms with Gasteiger partial charge >= 0.3 is 0 Å². The lowest BCUT2D eigenvalue weighted by molar-refractivity contribution is 0.0987. The molecule has 1 aliphatic rings. The van der Waals surface area contributed by atoms with Crippen molar-refractivity contribution in [3.05, 3.63) is 77.0 Å². The number of nitrogens with one attached hydrogen (secondary N) is 2. The van der Waals surface area contributed by atoms with E-state index >= 15 is 0 Å². The first kappa shape index (κ1) is 38.9. The second kappa shape index (κ2) is 17.9. The number of anilines is 3. The lowest BCUT2D eigenvalue weighted by Gasteiger charge is -2.34. The number of nitrogens with zero attached hydrogens (tertiary/aromatic N) is 6. The van der Waals surface area contributed by atoms with Crippen LogP contribution in [0.2, 0.25) is 0 Å². The van der Waals surface area contributed by atoms with Crippen molar-refractivity contribution in [2.75, 3.05) is 103 Å². The maximum atomic E-state index is 13.8. The van der Waals surface area contributed by atoms with E-state index in [0.29, 0.717) is 47.2 Å². The van der Waals surface area contributed by atoms with Crippen LogP contribution in [0.5, 0.6) is 11.5 Å². The number of ether oxygens (including phenoxy) is 2. The van der Waals surface area contributed by atoms with Crippen LogP contribution in [-0.2, 0) is 4.79 Å². The molecule has 0 unspecified atom stereocenters. The Bertz CT molecular complexity index is 1940. The molecule has 0 spiro atoms. The van der Waals surface area contributed by atoms with Gasteiger partial charge in [-0.15, -0.1) is 0 Å². The summed E-state index contributed by atoms with van der Waals surface area (Å²) in [6.45, 7) is 7.60. The Morgan fingerprint density at radius 2 is 1.74 bits per heavy atom. The highest BCUT2D eigenvalue weighted by Crippen LogP contribution is 2.32. The lowest BCUT2D eigenvalue weighted by Crippen LogP contribution is -2.44. The first-order chi connectivity index (χ1) is 25.5. The number of fused-ring (bicyclic) bond motifs is 1. The molecule has 2 amide bonds. The van der Waals surface area contributed by atoms with Gasteiger partial charge in [-0.1, -0.05) is 12.1 Å². The Hall–Kier alpha value is -5.36. The number of unbranched alkanes of at least 4 members (excludes halogenated alkanes) is 1. The molecule has 13 nitrogen and oxygen atoms in total. The Morgan fingerprint density at radius 3 is 2.45 bits per heavy atom. The summed E-state index contributed by atoms with van der Waals surface area (Å²) in [6, 6.07) is 16.1. The number of amides is 2. The average molecular weight is 725 g/mol. The quantitative estimate of drug-likeness (QED) is 0.122. The Balaban J connectivity index is 1.23. The predicted molar refractivity (Wildman–Crippen MR) is 210 cm³/mol. The summed E-state index contributed by atoms with van der Waals surface area (Å²) in [5, 5.41) is 2.98. The summed E-state index contributed by atoms with van der Waals surface area (Å²) in [5.41, 5.74) is 4.97. The normalized spacial score (nSPS) is 13.2. The number of methoxy groups -OCH3 is 1. The van der Waals surface area contributed by atoms with Gasteiger partial charge in [0.25, 0.3) is 11.8 Å². The number of carbonyl (C=O) groups is 2. The highest BCUT2D eigenvalue weighted by Gasteiger charge is 2.22.